The molecule has 7 N–H and O–H groups in total. The first-order valence-corrected chi connectivity index (χ1v) is 18.5. The smallest absolute Gasteiger partial charge is 0.352 e. The highest BCUT2D eigenvalue weighted by atomic mass is 32.2. The van der Waals surface area contributed by atoms with Gasteiger partial charge < -0.3 is 40.8 Å². The number of carbonyl (C=O) groups is 4. The van der Waals surface area contributed by atoms with Crippen LogP contribution in [0.15, 0.2) is 38.7 Å². The minimum Gasteiger partial charge on any atom is -0.504 e. The molecule has 0 bridgehead atoms. The van der Waals surface area contributed by atoms with Crippen LogP contribution in [-0.4, -0.2) is 116 Å². The van der Waals surface area contributed by atoms with Crippen molar-refractivity contribution in [2.75, 3.05) is 31.1 Å². The number of thiazole rings is 1. The molecule has 282 valence electrons. The van der Waals surface area contributed by atoms with Crippen molar-refractivity contribution in [1.82, 2.24) is 25.0 Å². The van der Waals surface area contributed by atoms with Crippen molar-refractivity contribution in [1.29, 1.82) is 0 Å². The number of carbonyl (C=O) groups excluding carboxylic acids is 2. The highest BCUT2D eigenvalue weighted by Crippen LogP contribution is 2.50. The Morgan fingerprint density at radius 3 is 2.43 bits per heavy atom. The summed E-state index contributed by atoms with van der Waals surface area (Å²) in [5.74, 6) is -4.85. The third-order valence-corrected chi connectivity index (χ3v) is 12.0. The number of phenols is 2. The molecule has 2 saturated heterocycles. The van der Waals surface area contributed by atoms with Crippen molar-refractivity contribution >= 4 is 68.6 Å². The normalized spacial score (nSPS) is 21.4. The summed E-state index contributed by atoms with van der Waals surface area (Å²) >= 11 is 2.28. The van der Waals surface area contributed by atoms with E-state index in [9.17, 15) is 44.4 Å². The van der Waals surface area contributed by atoms with E-state index < -0.39 is 57.2 Å². The number of nitrogens with one attached hydrogen (secondary N) is 1. The Balaban J connectivity index is 1.29. The van der Waals surface area contributed by atoms with E-state index in [4.69, 9.17) is 10.6 Å². The van der Waals surface area contributed by atoms with E-state index in [-0.39, 0.29) is 52.2 Å². The molecule has 0 saturated carbocycles. The first kappa shape index (κ1) is 37.5. The Kier molecular flexibility index (Phi) is 9.67. The third-order valence-electron chi connectivity index (χ3n) is 9.83. The standard InChI is InChI=1S/C33H38N8O10S2/c1-5-39-20-11-22(43)21(42)10-17(20)25(44)18(37-39)13-41(8-6-7-9-41)12-16-14-53-33(4)26(28(46)40(33)24(16)29(47)48)36-27(45)23(19-15-52-31(34)35-19)38-51-32(2,3)30(49)50/h10-11,15,26H,5-9,12-14H2,1-4H3,(H6-,34,35,36,37,38,42,43,44,45,47,48,49,50)/p+1/t26-,33-/m1/s1. The number of aryl methyl sites for hydroxylation is 1. The number of aromatic hydroxyl groups is 2. The van der Waals surface area contributed by atoms with E-state index in [1.807, 2.05) is 6.92 Å². The Hall–Kier alpha value is -5.21. The van der Waals surface area contributed by atoms with Crippen LogP contribution in [0.3, 0.4) is 0 Å². The van der Waals surface area contributed by atoms with Gasteiger partial charge in [0.05, 0.1) is 24.0 Å². The van der Waals surface area contributed by atoms with Crippen LogP contribution in [0, 0.1) is 0 Å². The zero-order valence-corrected chi connectivity index (χ0v) is 30.9. The van der Waals surface area contributed by atoms with Gasteiger partial charge in [-0.05, 0) is 33.8 Å². The van der Waals surface area contributed by atoms with Crippen LogP contribution in [0.1, 0.15) is 51.9 Å². The molecule has 3 aromatic rings. The highest BCUT2D eigenvalue weighted by molar-refractivity contribution is 8.01. The number of rotatable bonds is 12. The molecule has 0 aliphatic carbocycles. The lowest BCUT2D eigenvalue weighted by Gasteiger charge is -2.57. The second-order valence-corrected chi connectivity index (χ2v) is 16.2. The van der Waals surface area contributed by atoms with Gasteiger partial charge in [0.2, 0.25) is 11.0 Å². The predicted molar refractivity (Wildman–Crippen MR) is 193 cm³/mol. The summed E-state index contributed by atoms with van der Waals surface area (Å²) < 4.78 is 1.89. The van der Waals surface area contributed by atoms with Crippen molar-refractivity contribution in [3.05, 3.63) is 50.4 Å². The molecule has 2 atom stereocenters. The molecule has 18 nitrogen and oxygen atoms in total. The number of phenolic OH excluding ortho intramolecular Hbond substituents is 2. The lowest BCUT2D eigenvalue weighted by molar-refractivity contribution is -0.925. The topological polar surface area (TPSA) is 260 Å². The molecule has 2 fully saturated rings. The van der Waals surface area contributed by atoms with Crippen molar-refractivity contribution in [2.45, 2.75) is 70.1 Å². The summed E-state index contributed by atoms with van der Waals surface area (Å²) in [5.41, 5.74) is 4.01. The van der Waals surface area contributed by atoms with Gasteiger partial charge >= 0.3 is 11.9 Å². The molecule has 6 rings (SSSR count). The van der Waals surface area contributed by atoms with Gasteiger partial charge in [-0.25, -0.2) is 14.6 Å². The van der Waals surface area contributed by atoms with Crippen LogP contribution >= 0.6 is 23.1 Å². The average molecular weight is 772 g/mol. The number of aromatic nitrogens is 3. The summed E-state index contributed by atoms with van der Waals surface area (Å²) in [6, 6.07) is 1.32. The molecular weight excluding hydrogens is 733 g/mol. The molecule has 1 aromatic carbocycles. The van der Waals surface area contributed by atoms with E-state index in [1.54, 1.807) is 11.6 Å². The van der Waals surface area contributed by atoms with Gasteiger partial charge in [0.1, 0.15) is 35.4 Å². The van der Waals surface area contributed by atoms with Crippen molar-refractivity contribution in [2.24, 2.45) is 5.16 Å². The Morgan fingerprint density at radius 2 is 1.83 bits per heavy atom. The maximum atomic E-state index is 13.8. The van der Waals surface area contributed by atoms with Crippen LogP contribution < -0.4 is 16.5 Å². The number of nitrogens with two attached hydrogens (primary N) is 1. The summed E-state index contributed by atoms with van der Waals surface area (Å²) in [5, 5.41) is 52.9. The summed E-state index contributed by atoms with van der Waals surface area (Å²) in [4.78, 5) is 74.8. The quantitative estimate of drug-likeness (QED) is 0.0500. The van der Waals surface area contributed by atoms with E-state index in [2.05, 4.69) is 20.6 Å². The number of hydrogen-bond donors (Lipinski definition) is 6. The van der Waals surface area contributed by atoms with Gasteiger partial charge in [-0.2, -0.15) is 5.10 Å². The Labute approximate surface area is 310 Å². The Bertz CT molecular complexity index is 2170. The zero-order chi connectivity index (χ0) is 38.6. The average Bonchev–Trinajstić information content (AvgIpc) is 3.75. The molecular formula is C33H39N8O10S2+. The molecule has 20 heteroatoms. The second kappa shape index (κ2) is 13.6. The molecule has 53 heavy (non-hydrogen) atoms. The first-order chi connectivity index (χ1) is 24.9. The summed E-state index contributed by atoms with van der Waals surface area (Å²) in [7, 11) is 0. The number of likely N-dealkylation sites (tertiary alicyclic amines) is 1. The number of β-lactam (4-membered cyclic amide) rings is 1. The fourth-order valence-electron chi connectivity index (χ4n) is 6.95. The molecule has 2 amide bonds. The predicted octanol–water partition coefficient (Wildman–Crippen LogP) is 1.39. The molecule has 3 aliphatic heterocycles. The molecule has 5 heterocycles. The minimum absolute atomic E-state index is 0.00847. The molecule has 0 radical (unpaired) electrons. The minimum atomic E-state index is -1.81. The van der Waals surface area contributed by atoms with Gasteiger partial charge in [-0.3, -0.25) is 24.0 Å². The fraction of sp³-hybridized carbons (Fsp3) is 0.455. The largest absolute Gasteiger partial charge is 0.504 e. The van der Waals surface area contributed by atoms with Crippen LogP contribution in [0.4, 0.5) is 5.13 Å². The van der Waals surface area contributed by atoms with Gasteiger partial charge in [0.15, 0.2) is 28.0 Å². The lowest BCUT2D eigenvalue weighted by Crippen LogP contribution is -2.78. The summed E-state index contributed by atoms with van der Waals surface area (Å²) in [6.07, 6.45) is 1.65. The molecule has 0 spiro atoms. The number of fused-ring (bicyclic) bond motifs is 2. The van der Waals surface area contributed by atoms with Crippen molar-refractivity contribution in [3.63, 3.8) is 0 Å². The lowest BCUT2D eigenvalue weighted by atomic mass is 9.92. The number of benzene rings is 1. The number of nitrogens with zero attached hydrogens (tertiary/aromatic N) is 6. The second-order valence-electron chi connectivity index (χ2n) is 13.9. The van der Waals surface area contributed by atoms with Crippen LogP contribution in [0.25, 0.3) is 10.9 Å². The van der Waals surface area contributed by atoms with Crippen molar-refractivity contribution in [3.8, 4) is 11.5 Å². The first-order valence-electron chi connectivity index (χ1n) is 16.7. The number of amides is 2. The van der Waals surface area contributed by atoms with Crippen LogP contribution in [0.2, 0.25) is 0 Å². The van der Waals surface area contributed by atoms with Gasteiger partial charge in [-0.15, -0.1) is 23.1 Å². The number of anilines is 1. The van der Waals surface area contributed by atoms with E-state index in [1.165, 1.54) is 48.0 Å². The highest BCUT2D eigenvalue weighted by Gasteiger charge is 2.63. The van der Waals surface area contributed by atoms with Crippen LogP contribution in [-0.2, 0) is 37.1 Å². The number of aliphatic carboxylic acids is 2. The maximum Gasteiger partial charge on any atom is 0.352 e. The maximum absolute atomic E-state index is 13.8. The number of nitrogen functional groups attached to an aromatic ring is 1. The number of carboxylic acids is 2. The number of quaternary nitrogens is 1. The number of oxime groups is 1. The van der Waals surface area contributed by atoms with Crippen LogP contribution in [0.5, 0.6) is 11.5 Å². The van der Waals surface area contributed by atoms with Crippen molar-refractivity contribution < 1.29 is 48.9 Å². The van der Waals surface area contributed by atoms with Gasteiger partial charge in [0.25, 0.3) is 11.8 Å². The monoisotopic (exact) mass is 771 g/mol. The summed E-state index contributed by atoms with van der Waals surface area (Å²) in [6.45, 7) is 7.97. The molecule has 2 aromatic heterocycles. The third kappa shape index (κ3) is 6.65. The Morgan fingerprint density at radius 1 is 1.15 bits per heavy atom. The number of hydrogen-bond acceptors (Lipinski definition) is 14. The van der Waals surface area contributed by atoms with Gasteiger partial charge in [0, 0.05) is 42.2 Å². The fourth-order valence-corrected chi connectivity index (χ4v) is 8.83. The molecule has 3 aliphatic rings. The molecule has 0 unspecified atom stereocenters. The van der Waals surface area contributed by atoms with E-state index in [0.29, 0.717) is 35.2 Å². The number of carboxylic acid groups (broad SMARTS) is 2. The SMILES string of the molecule is CCn1nc(C[N+]2(CC3=C(C(=O)O)N4C(=O)[C@@H](NC(=O)/C(=N\OC(C)(C)C(=O)O)c5csc(N)n5)[C@@]4(C)SC3)CCCC2)c(=O)c2cc(O)c(O)cc21. The van der Waals surface area contributed by atoms with Gasteiger partial charge in [-0.1, -0.05) is 5.16 Å². The zero-order valence-electron chi connectivity index (χ0n) is 29.3. The van der Waals surface area contributed by atoms with E-state index >= 15 is 0 Å². The number of thioether (sulfide) groups is 1. The van der Waals surface area contributed by atoms with E-state index in [0.717, 1.165) is 24.2 Å².